The van der Waals surface area contributed by atoms with Crippen molar-refractivity contribution in [2.45, 2.75) is 31.2 Å². The molecule has 0 radical (unpaired) electrons. The van der Waals surface area contributed by atoms with Crippen LogP contribution < -0.4 is 4.72 Å². The number of hydrogen-bond donors (Lipinski definition) is 1. The lowest BCUT2D eigenvalue weighted by molar-refractivity contribution is 0.572. The van der Waals surface area contributed by atoms with Gasteiger partial charge in [-0.25, -0.2) is 13.1 Å². The van der Waals surface area contributed by atoms with Crippen LogP contribution in [0.3, 0.4) is 0 Å². The highest BCUT2D eigenvalue weighted by molar-refractivity contribution is 7.89. The summed E-state index contributed by atoms with van der Waals surface area (Å²) in [6.45, 7) is 3.25. The zero-order valence-corrected chi connectivity index (χ0v) is 14.6. The molecule has 0 aliphatic carbocycles. The highest BCUT2D eigenvalue weighted by atomic mass is 32.2. The van der Waals surface area contributed by atoms with Crippen LogP contribution in [-0.2, 0) is 23.0 Å². The summed E-state index contributed by atoms with van der Waals surface area (Å²) in [6, 6.07) is 17.3. The van der Waals surface area contributed by atoms with E-state index >= 15 is 0 Å². The van der Waals surface area contributed by atoms with Gasteiger partial charge in [0.05, 0.1) is 4.90 Å². The maximum atomic E-state index is 12.3. The molecule has 1 N–H and O–H groups in total. The fourth-order valence-corrected chi connectivity index (χ4v) is 3.85. The molecule has 0 bridgehead atoms. The van der Waals surface area contributed by atoms with Crippen LogP contribution in [0.2, 0.25) is 0 Å². The predicted molar refractivity (Wildman–Crippen MR) is 97.6 cm³/mol. The monoisotopic (exact) mass is 342 g/mol. The topological polar surface area (TPSA) is 51.1 Å². The van der Waals surface area contributed by atoms with E-state index in [1.165, 1.54) is 10.9 Å². The first-order chi connectivity index (χ1) is 11.6. The minimum absolute atomic E-state index is 0.325. The third-order valence-corrected chi connectivity index (χ3v) is 5.67. The lowest BCUT2D eigenvalue weighted by Crippen LogP contribution is -2.25. The van der Waals surface area contributed by atoms with Crippen LogP contribution in [0.15, 0.2) is 65.7 Å². The highest BCUT2D eigenvalue weighted by Gasteiger charge is 2.12. The van der Waals surface area contributed by atoms with Gasteiger partial charge in [-0.2, -0.15) is 0 Å². The summed E-state index contributed by atoms with van der Waals surface area (Å²) in [7, 11) is -3.43. The van der Waals surface area contributed by atoms with Crippen LogP contribution >= 0.6 is 0 Å². The van der Waals surface area contributed by atoms with Crippen LogP contribution in [0.4, 0.5) is 0 Å². The summed E-state index contributed by atoms with van der Waals surface area (Å²) in [4.78, 5) is 0.325. The van der Waals surface area contributed by atoms with Crippen LogP contribution in [0.25, 0.3) is 10.9 Å². The third kappa shape index (κ3) is 3.68. The maximum absolute atomic E-state index is 12.3. The average molecular weight is 342 g/mol. The minimum Gasteiger partial charge on any atom is -0.347 e. The normalized spacial score (nSPS) is 11.9. The molecule has 0 spiro atoms. The third-order valence-electron chi connectivity index (χ3n) is 4.19. The van der Waals surface area contributed by atoms with Gasteiger partial charge in [-0.3, -0.25) is 0 Å². The molecule has 2 aromatic carbocycles. The molecule has 1 heterocycles. The van der Waals surface area contributed by atoms with E-state index in [4.69, 9.17) is 0 Å². The standard InChI is InChI=1S/C19H22N2O2S/c1-2-16-8-10-18(11-9-16)24(22,23)20-13-5-14-21-15-12-17-6-3-4-7-19(17)21/h3-4,6-12,15,20H,2,5,13-14H2,1H3. The Bertz CT molecular complexity index is 912. The van der Waals surface area contributed by atoms with Crippen molar-refractivity contribution in [2.75, 3.05) is 6.54 Å². The molecule has 5 heteroatoms. The Kier molecular flexibility index (Phi) is 5.02. The molecule has 0 aliphatic heterocycles. The first-order valence-electron chi connectivity index (χ1n) is 8.22. The minimum atomic E-state index is -3.43. The van der Waals surface area contributed by atoms with Crippen molar-refractivity contribution in [3.8, 4) is 0 Å². The summed E-state index contributed by atoms with van der Waals surface area (Å²) in [5.74, 6) is 0. The van der Waals surface area contributed by atoms with Gasteiger partial charge in [-0.05, 0) is 48.1 Å². The van der Waals surface area contributed by atoms with Gasteiger partial charge in [0.1, 0.15) is 0 Å². The molecular formula is C19H22N2O2S. The number of rotatable bonds is 7. The molecule has 126 valence electrons. The first-order valence-corrected chi connectivity index (χ1v) is 9.71. The molecule has 0 saturated heterocycles. The largest absolute Gasteiger partial charge is 0.347 e. The number of aryl methyl sites for hydroxylation is 2. The number of nitrogens with zero attached hydrogens (tertiary/aromatic N) is 1. The van der Waals surface area contributed by atoms with E-state index in [1.807, 2.05) is 37.4 Å². The van der Waals surface area contributed by atoms with E-state index in [1.54, 1.807) is 12.1 Å². The van der Waals surface area contributed by atoms with Crippen molar-refractivity contribution >= 4 is 20.9 Å². The molecule has 0 saturated carbocycles. The Morgan fingerprint density at radius 1 is 1.00 bits per heavy atom. The summed E-state index contributed by atoms with van der Waals surface area (Å²) in [5.41, 5.74) is 2.31. The Morgan fingerprint density at radius 3 is 2.50 bits per heavy atom. The molecular weight excluding hydrogens is 320 g/mol. The van der Waals surface area contributed by atoms with Crippen LogP contribution in [0, 0.1) is 0 Å². The van der Waals surface area contributed by atoms with Gasteiger partial charge in [0.15, 0.2) is 0 Å². The number of fused-ring (bicyclic) bond motifs is 1. The molecule has 0 fully saturated rings. The van der Waals surface area contributed by atoms with Gasteiger partial charge in [-0.15, -0.1) is 0 Å². The van der Waals surface area contributed by atoms with Gasteiger partial charge in [-0.1, -0.05) is 37.3 Å². The van der Waals surface area contributed by atoms with E-state index in [0.717, 1.165) is 24.9 Å². The number of nitrogens with one attached hydrogen (secondary N) is 1. The van der Waals surface area contributed by atoms with Crippen LogP contribution in [-0.4, -0.2) is 19.5 Å². The summed E-state index contributed by atoms with van der Waals surface area (Å²) in [6.07, 6.45) is 3.69. The van der Waals surface area contributed by atoms with E-state index in [9.17, 15) is 8.42 Å². The van der Waals surface area contributed by atoms with E-state index < -0.39 is 10.0 Å². The second-order valence-electron chi connectivity index (χ2n) is 5.82. The fraction of sp³-hybridized carbons (Fsp3) is 0.263. The van der Waals surface area contributed by atoms with Crippen LogP contribution in [0.5, 0.6) is 0 Å². The quantitative estimate of drug-likeness (QED) is 0.667. The van der Waals surface area contributed by atoms with Crippen molar-refractivity contribution in [2.24, 2.45) is 0 Å². The van der Waals surface area contributed by atoms with E-state index in [-0.39, 0.29) is 0 Å². The Morgan fingerprint density at radius 2 is 1.75 bits per heavy atom. The molecule has 1 aromatic heterocycles. The molecule has 3 aromatic rings. The number of benzene rings is 2. The second-order valence-corrected chi connectivity index (χ2v) is 7.58. The van der Waals surface area contributed by atoms with Crippen molar-refractivity contribution in [3.63, 3.8) is 0 Å². The van der Waals surface area contributed by atoms with Gasteiger partial charge in [0.25, 0.3) is 0 Å². The zero-order chi connectivity index (χ0) is 17.0. The average Bonchev–Trinajstić information content (AvgIpc) is 3.02. The lowest BCUT2D eigenvalue weighted by Gasteiger charge is -2.09. The van der Waals surface area contributed by atoms with Gasteiger partial charge in [0, 0.05) is 24.8 Å². The Balaban J connectivity index is 1.57. The number of para-hydroxylation sites is 1. The SMILES string of the molecule is CCc1ccc(S(=O)(=O)NCCCn2ccc3ccccc32)cc1. The van der Waals surface area contributed by atoms with Gasteiger partial charge < -0.3 is 4.57 Å². The van der Waals surface area contributed by atoms with Crippen molar-refractivity contribution in [3.05, 3.63) is 66.4 Å². The van der Waals surface area contributed by atoms with Crippen LogP contribution in [0.1, 0.15) is 18.9 Å². The molecule has 0 unspecified atom stereocenters. The predicted octanol–water partition coefficient (Wildman–Crippen LogP) is 3.57. The fourth-order valence-electron chi connectivity index (χ4n) is 2.78. The molecule has 4 nitrogen and oxygen atoms in total. The second kappa shape index (κ2) is 7.20. The number of sulfonamides is 1. The van der Waals surface area contributed by atoms with E-state index in [0.29, 0.717) is 11.4 Å². The van der Waals surface area contributed by atoms with Gasteiger partial charge in [0.2, 0.25) is 10.0 Å². The number of aromatic nitrogens is 1. The molecule has 0 aliphatic rings. The molecule has 0 amide bonds. The molecule has 24 heavy (non-hydrogen) atoms. The Labute approximate surface area is 143 Å². The first kappa shape index (κ1) is 16.7. The summed E-state index contributed by atoms with van der Waals surface area (Å²) in [5, 5.41) is 1.20. The highest BCUT2D eigenvalue weighted by Crippen LogP contribution is 2.15. The van der Waals surface area contributed by atoms with Gasteiger partial charge >= 0.3 is 0 Å². The lowest BCUT2D eigenvalue weighted by atomic mass is 10.2. The summed E-state index contributed by atoms with van der Waals surface area (Å²) < 4.78 is 29.4. The maximum Gasteiger partial charge on any atom is 0.240 e. The molecule has 0 atom stereocenters. The van der Waals surface area contributed by atoms with Crippen molar-refractivity contribution < 1.29 is 8.42 Å². The van der Waals surface area contributed by atoms with Crippen molar-refractivity contribution in [1.29, 1.82) is 0 Å². The Hall–Kier alpha value is -2.11. The van der Waals surface area contributed by atoms with E-state index in [2.05, 4.69) is 27.5 Å². The molecule has 3 rings (SSSR count). The smallest absolute Gasteiger partial charge is 0.240 e. The van der Waals surface area contributed by atoms with Crippen molar-refractivity contribution in [1.82, 2.24) is 9.29 Å². The number of hydrogen-bond acceptors (Lipinski definition) is 2. The summed E-state index contributed by atoms with van der Waals surface area (Å²) >= 11 is 0. The zero-order valence-electron chi connectivity index (χ0n) is 13.8.